The number of H-pyrrole nitrogens is 1. The first-order valence-electron chi connectivity index (χ1n) is 7.74. The smallest absolute Gasteiger partial charge is 0.305 e. The number of hydrogen-bond donors (Lipinski definition) is 2. The minimum absolute atomic E-state index is 0.109. The van der Waals surface area contributed by atoms with E-state index < -0.39 is 0 Å². The lowest BCUT2D eigenvalue weighted by Gasteiger charge is -2.04. The highest BCUT2D eigenvalue weighted by Gasteiger charge is 2.14. The van der Waals surface area contributed by atoms with Crippen LogP contribution in [0.4, 0.5) is 0 Å². The number of esters is 1. The Labute approximate surface area is 143 Å². The van der Waals surface area contributed by atoms with E-state index in [4.69, 9.17) is 0 Å². The van der Waals surface area contributed by atoms with Gasteiger partial charge in [0.1, 0.15) is 5.69 Å². The van der Waals surface area contributed by atoms with Gasteiger partial charge >= 0.3 is 5.97 Å². The third-order valence-corrected chi connectivity index (χ3v) is 4.51. The number of aromatic amines is 1. The topological polar surface area (TPSA) is 71.2 Å². The Kier molecular flexibility index (Phi) is 6.65. The summed E-state index contributed by atoms with van der Waals surface area (Å²) in [6, 6.07) is 7.78. The van der Waals surface area contributed by atoms with E-state index in [1.165, 1.54) is 7.11 Å². The Morgan fingerprint density at radius 2 is 1.91 bits per heavy atom. The second-order valence-electron chi connectivity index (χ2n) is 5.36. The largest absolute Gasteiger partial charge is 0.469 e. The van der Waals surface area contributed by atoms with E-state index in [-0.39, 0.29) is 11.9 Å². The first kappa shape index (κ1) is 17.5. The quantitative estimate of drug-likeness (QED) is 0.540. The summed E-state index contributed by atoms with van der Waals surface area (Å²) in [5.41, 5.74) is 1.49. The fourth-order valence-corrected chi connectivity index (χ4v) is 3.03. The van der Waals surface area contributed by atoms with Gasteiger partial charge in [-0.3, -0.25) is 9.59 Å². The van der Waals surface area contributed by atoms with Crippen LogP contribution in [-0.4, -0.2) is 30.5 Å². The Balaban J connectivity index is 1.72. The molecule has 124 valence electrons. The lowest BCUT2D eigenvalue weighted by molar-refractivity contribution is -0.140. The minimum Gasteiger partial charge on any atom is -0.469 e. The predicted molar refractivity (Wildman–Crippen MR) is 93.4 cm³/mol. The number of aromatic nitrogens is 1. The number of ether oxygens (including phenoxy) is 1. The van der Waals surface area contributed by atoms with Gasteiger partial charge in [-0.25, -0.2) is 0 Å². The van der Waals surface area contributed by atoms with E-state index in [0.29, 0.717) is 18.7 Å². The Morgan fingerprint density at radius 3 is 2.65 bits per heavy atom. The summed E-state index contributed by atoms with van der Waals surface area (Å²) in [4.78, 5) is 26.3. The summed E-state index contributed by atoms with van der Waals surface area (Å²) >= 11 is 3.48. The standard InChI is InChI=1S/C17H21BrN2O3/c1-23-14(21)10-4-2-3-7-11-19-17(22)16-15(18)12-8-5-6-9-13(12)20-16/h5-6,8-9,20H,2-4,7,10-11H2,1H3,(H,19,22). The molecule has 2 aromatic rings. The summed E-state index contributed by atoms with van der Waals surface area (Å²) in [6.07, 6.45) is 4.12. The molecule has 0 aliphatic heterocycles. The van der Waals surface area contributed by atoms with Crippen molar-refractivity contribution >= 4 is 38.7 Å². The van der Waals surface area contributed by atoms with Crippen molar-refractivity contribution in [1.82, 2.24) is 10.3 Å². The van der Waals surface area contributed by atoms with Crippen LogP contribution in [-0.2, 0) is 9.53 Å². The van der Waals surface area contributed by atoms with Gasteiger partial charge < -0.3 is 15.0 Å². The van der Waals surface area contributed by atoms with Crippen molar-refractivity contribution in [1.29, 1.82) is 0 Å². The highest BCUT2D eigenvalue weighted by atomic mass is 79.9. The van der Waals surface area contributed by atoms with Gasteiger partial charge in [0, 0.05) is 23.9 Å². The van der Waals surface area contributed by atoms with Crippen molar-refractivity contribution in [2.24, 2.45) is 0 Å². The molecule has 0 fully saturated rings. The zero-order valence-corrected chi connectivity index (χ0v) is 14.7. The Morgan fingerprint density at radius 1 is 1.17 bits per heavy atom. The van der Waals surface area contributed by atoms with Gasteiger partial charge in [-0.15, -0.1) is 0 Å². The summed E-state index contributed by atoms with van der Waals surface area (Å²) in [6.45, 7) is 0.624. The van der Waals surface area contributed by atoms with Crippen LogP contribution in [0.2, 0.25) is 0 Å². The molecule has 1 aromatic carbocycles. The second kappa shape index (κ2) is 8.72. The van der Waals surface area contributed by atoms with Gasteiger partial charge in [0.2, 0.25) is 0 Å². The van der Waals surface area contributed by atoms with Crippen molar-refractivity contribution in [3.63, 3.8) is 0 Å². The zero-order valence-electron chi connectivity index (χ0n) is 13.2. The fraction of sp³-hybridized carbons (Fsp3) is 0.412. The molecule has 0 aliphatic rings. The molecule has 1 aromatic heterocycles. The second-order valence-corrected chi connectivity index (χ2v) is 6.15. The Hall–Kier alpha value is -1.82. The molecule has 1 amide bonds. The van der Waals surface area contributed by atoms with Crippen LogP contribution in [0.5, 0.6) is 0 Å². The monoisotopic (exact) mass is 380 g/mol. The number of rotatable bonds is 8. The van der Waals surface area contributed by atoms with Crippen LogP contribution in [0.1, 0.15) is 42.6 Å². The van der Waals surface area contributed by atoms with Crippen LogP contribution in [0.25, 0.3) is 10.9 Å². The number of unbranched alkanes of at least 4 members (excludes halogenated alkanes) is 3. The minimum atomic E-state index is -0.165. The van der Waals surface area contributed by atoms with Crippen LogP contribution < -0.4 is 5.32 Å². The van der Waals surface area contributed by atoms with Crippen molar-refractivity contribution in [3.05, 3.63) is 34.4 Å². The number of carbonyl (C=O) groups excluding carboxylic acids is 2. The number of methoxy groups -OCH3 is 1. The summed E-state index contributed by atoms with van der Waals surface area (Å²) in [5.74, 6) is -0.274. The van der Waals surface area contributed by atoms with Gasteiger partial charge in [-0.2, -0.15) is 0 Å². The maximum absolute atomic E-state index is 12.2. The van der Waals surface area contributed by atoms with E-state index in [2.05, 4.69) is 31.0 Å². The SMILES string of the molecule is COC(=O)CCCCCCNC(=O)c1[nH]c2ccccc2c1Br. The molecule has 5 nitrogen and oxygen atoms in total. The maximum atomic E-state index is 12.2. The summed E-state index contributed by atoms with van der Waals surface area (Å²) < 4.78 is 5.39. The molecule has 0 atom stereocenters. The lowest BCUT2D eigenvalue weighted by Crippen LogP contribution is -2.25. The average molecular weight is 381 g/mol. The molecule has 0 unspecified atom stereocenters. The van der Waals surface area contributed by atoms with Crippen molar-refractivity contribution < 1.29 is 14.3 Å². The molecule has 0 saturated heterocycles. The molecular formula is C17H21BrN2O3. The van der Waals surface area contributed by atoms with Crippen molar-refractivity contribution in [2.45, 2.75) is 32.1 Å². The summed E-state index contributed by atoms with van der Waals surface area (Å²) in [7, 11) is 1.40. The molecule has 0 aliphatic carbocycles. The zero-order chi connectivity index (χ0) is 16.7. The molecule has 0 bridgehead atoms. The number of para-hydroxylation sites is 1. The van der Waals surface area contributed by atoms with Crippen molar-refractivity contribution in [2.75, 3.05) is 13.7 Å². The van der Waals surface area contributed by atoms with E-state index in [1.54, 1.807) is 0 Å². The van der Waals surface area contributed by atoms with E-state index in [1.807, 2.05) is 24.3 Å². The van der Waals surface area contributed by atoms with E-state index >= 15 is 0 Å². The number of halogens is 1. The number of benzene rings is 1. The molecule has 2 rings (SSSR count). The number of fused-ring (bicyclic) bond motifs is 1. The van der Waals surface area contributed by atoms with Gasteiger partial charge in [-0.1, -0.05) is 31.0 Å². The normalized spacial score (nSPS) is 10.7. The number of amides is 1. The number of carbonyl (C=O) groups is 2. The first-order valence-corrected chi connectivity index (χ1v) is 8.54. The van der Waals surface area contributed by atoms with E-state index in [0.717, 1.165) is 41.1 Å². The van der Waals surface area contributed by atoms with E-state index in [9.17, 15) is 9.59 Å². The maximum Gasteiger partial charge on any atom is 0.305 e. The van der Waals surface area contributed by atoms with Gasteiger partial charge in [0.15, 0.2) is 0 Å². The fourth-order valence-electron chi connectivity index (χ4n) is 2.40. The predicted octanol–water partition coefficient (Wildman–Crippen LogP) is 3.78. The van der Waals surface area contributed by atoms with Crippen LogP contribution in [0, 0.1) is 0 Å². The third kappa shape index (κ3) is 4.82. The van der Waals surface area contributed by atoms with Crippen LogP contribution in [0.15, 0.2) is 28.7 Å². The van der Waals surface area contributed by atoms with Gasteiger partial charge in [-0.05, 0) is 34.8 Å². The molecule has 6 heteroatoms. The summed E-state index contributed by atoms with van der Waals surface area (Å²) in [5, 5.41) is 3.92. The van der Waals surface area contributed by atoms with Gasteiger partial charge in [0.05, 0.1) is 11.6 Å². The van der Waals surface area contributed by atoms with Crippen LogP contribution >= 0.6 is 15.9 Å². The van der Waals surface area contributed by atoms with Crippen molar-refractivity contribution in [3.8, 4) is 0 Å². The number of nitrogens with one attached hydrogen (secondary N) is 2. The molecule has 23 heavy (non-hydrogen) atoms. The first-order chi connectivity index (χ1) is 11.1. The highest BCUT2D eigenvalue weighted by molar-refractivity contribution is 9.10. The molecule has 0 saturated carbocycles. The third-order valence-electron chi connectivity index (χ3n) is 3.69. The molecule has 0 radical (unpaired) electrons. The van der Waals surface area contributed by atoms with Gasteiger partial charge in [0.25, 0.3) is 5.91 Å². The van der Waals surface area contributed by atoms with Crippen LogP contribution in [0.3, 0.4) is 0 Å². The molecule has 1 heterocycles. The number of hydrogen-bond acceptors (Lipinski definition) is 3. The molecular weight excluding hydrogens is 360 g/mol. The average Bonchev–Trinajstić information content (AvgIpc) is 2.91. The molecule has 2 N–H and O–H groups in total. The lowest BCUT2D eigenvalue weighted by atomic mass is 10.1. The Bertz CT molecular complexity index is 682. The highest BCUT2D eigenvalue weighted by Crippen LogP contribution is 2.27. The molecule has 0 spiro atoms.